The van der Waals surface area contributed by atoms with Crippen LogP contribution < -0.4 is 10.5 Å². The van der Waals surface area contributed by atoms with Gasteiger partial charge in [-0.05, 0) is 36.5 Å². The maximum absolute atomic E-state index is 6.12. The molecule has 0 aliphatic carbocycles. The van der Waals surface area contributed by atoms with Crippen LogP contribution in [0.3, 0.4) is 0 Å². The maximum atomic E-state index is 6.12. The molecular weight excluding hydrogens is 405 g/mol. The minimum Gasteiger partial charge on any atom is -0.491 e. The van der Waals surface area contributed by atoms with Crippen LogP contribution in [0.15, 0.2) is 29.3 Å². The summed E-state index contributed by atoms with van der Waals surface area (Å²) in [6, 6.07) is 7.97. The highest BCUT2D eigenvalue weighted by Crippen LogP contribution is 2.16. The summed E-state index contributed by atoms with van der Waals surface area (Å²) in [6.07, 6.45) is 2.48. The lowest BCUT2D eigenvalue weighted by Crippen LogP contribution is -2.43. The van der Waals surface area contributed by atoms with Crippen molar-refractivity contribution in [1.29, 1.82) is 0 Å². The molecule has 0 spiro atoms. The highest BCUT2D eigenvalue weighted by atomic mass is 127. The molecule has 0 radical (unpaired) electrons. The van der Waals surface area contributed by atoms with Crippen LogP contribution in [-0.2, 0) is 11.3 Å². The Morgan fingerprint density at radius 2 is 2.22 bits per heavy atom. The van der Waals surface area contributed by atoms with Crippen LogP contribution >= 0.6 is 24.0 Å². The van der Waals surface area contributed by atoms with Crippen molar-refractivity contribution < 1.29 is 9.47 Å². The van der Waals surface area contributed by atoms with E-state index in [1.807, 2.05) is 24.3 Å². The number of likely N-dealkylation sites (tertiary alicyclic amines) is 1. The molecule has 0 aromatic heterocycles. The molecule has 0 bridgehead atoms. The van der Waals surface area contributed by atoms with Gasteiger partial charge in [0.15, 0.2) is 5.96 Å². The normalized spacial score (nSPS) is 18.4. The smallest absolute Gasteiger partial charge is 0.191 e. The van der Waals surface area contributed by atoms with E-state index in [1.165, 1.54) is 12.8 Å². The van der Waals surface area contributed by atoms with E-state index in [4.69, 9.17) is 15.2 Å². The number of halogens is 1. The number of guanidine groups is 1. The van der Waals surface area contributed by atoms with Gasteiger partial charge in [0.05, 0.1) is 13.2 Å². The van der Waals surface area contributed by atoms with Gasteiger partial charge in [-0.1, -0.05) is 19.1 Å². The number of nitrogens with two attached hydrogens (primary N) is 1. The number of nitrogens with zero attached hydrogens (tertiary/aromatic N) is 2. The number of hydrogen-bond acceptors (Lipinski definition) is 3. The molecule has 6 heteroatoms. The van der Waals surface area contributed by atoms with Gasteiger partial charge >= 0.3 is 0 Å². The topological polar surface area (TPSA) is 60.1 Å². The zero-order valence-corrected chi connectivity index (χ0v) is 16.4. The summed E-state index contributed by atoms with van der Waals surface area (Å²) >= 11 is 0. The van der Waals surface area contributed by atoms with Crippen LogP contribution in [0.2, 0.25) is 0 Å². The van der Waals surface area contributed by atoms with E-state index in [2.05, 4.69) is 16.8 Å². The predicted octanol–water partition coefficient (Wildman–Crippen LogP) is 2.88. The molecule has 1 atom stereocenters. The number of aliphatic imine (C=N–C) groups is 1. The summed E-state index contributed by atoms with van der Waals surface area (Å²) < 4.78 is 10.6. The molecule has 1 aromatic carbocycles. The number of piperidine rings is 1. The quantitative estimate of drug-likeness (QED) is 0.325. The molecule has 1 aliphatic heterocycles. The van der Waals surface area contributed by atoms with E-state index in [-0.39, 0.29) is 24.0 Å². The van der Waals surface area contributed by atoms with Gasteiger partial charge in [0.1, 0.15) is 12.4 Å². The molecule has 1 aromatic rings. The maximum Gasteiger partial charge on any atom is 0.191 e. The van der Waals surface area contributed by atoms with Gasteiger partial charge in [0, 0.05) is 20.2 Å². The monoisotopic (exact) mass is 433 g/mol. The zero-order valence-electron chi connectivity index (χ0n) is 14.0. The molecular formula is C17H28IN3O2. The van der Waals surface area contributed by atoms with Gasteiger partial charge < -0.3 is 20.1 Å². The molecule has 5 nitrogen and oxygen atoms in total. The first-order valence-electron chi connectivity index (χ1n) is 7.94. The molecule has 1 unspecified atom stereocenters. The average molecular weight is 433 g/mol. The Morgan fingerprint density at radius 3 is 2.96 bits per heavy atom. The highest BCUT2D eigenvalue weighted by molar-refractivity contribution is 14.0. The fourth-order valence-electron chi connectivity index (χ4n) is 2.65. The van der Waals surface area contributed by atoms with Gasteiger partial charge in [-0.2, -0.15) is 0 Å². The first-order valence-corrected chi connectivity index (χ1v) is 7.94. The molecule has 0 saturated carbocycles. The molecule has 0 amide bonds. The van der Waals surface area contributed by atoms with E-state index < -0.39 is 0 Å². The minimum absolute atomic E-state index is 0. The van der Waals surface area contributed by atoms with Crippen LogP contribution in [0.25, 0.3) is 0 Å². The first kappa shape index (κ1) is 20.0. The Kier molecular flexibility index (Phi) is 9.31. The Bertz CT molecular complexity index is 496. The fourth-order valence-corrected chi connectivity index (χ4v) is 2.65. The number of methoxy groups -OCH3 is 1. The molecule has 2 rings (SSSR count). The number of hydrogen-bond donors (Lipinski definition) is 1. The van der Waals surface area contributed by atoms with E-state index in [0.29, 0.717) is 31.6 Å². The van der Waals surface area contributed by atoms with Gasteiger partial charge in [-0.25, -0.2) is 4.99 Å². The fraction of sp³-hybridized carbons (Fsp3) is 0.588. The lowest BCUT2D eigenvalue weighted by molar-refractivity contribution is 0.146. The average Bonchev–Trinajstić information content (AvgIpc) is 2.53. The van der Waals surface area contributed by atoms with Crippen molar-refractivity contribution >= 4 is 29.9 Å². The third kappa shape index (κ3) is 6.95. The van der Waals surface area contributed by atoms with Crippen molar-refractivity contribution in [2.24, 2.45) is 16.6 Å². The van der Waals surface area contributed by atoms with Gasteiger partial charge in [-0.3, -0.25) is 0 Å². The van der Waals surface area contributed by atoms with E-state index in [9.17, 15) is 0 Å². The van der Waals surface area contributed by atoms with Crippen LogP contribution in [0.1, 0.15) is 25.3 Å². The van der Waals surface area contributed by atoms with E-state index in [0.717, 1.165) is 24.4 Å². The molecule has 2 N–H and O–H groups in total. The Hall–Kier alpha value is -1.02. The zero-order chi connectivity index (χ0) is 15.8. The standard InChI is InChI=1S/C17H27N3O2.HI/c1-14-5-4-8-20(13-14)17(18)19-12-15-6-3-7-16(11-15)22-10-9-21-2;/h3,6-7,11,14H,4-5,8-10,12-13H2,1-2H3,(H2,18,19);1H. The van der Waals surface area contributed by atoms with Gasteiger partial charge in [0.25, 0.3) is 0 Å². The largest absolute Gasteiger partial charge is 0.491 e. The van der Waals surface area contributed by atoms with Crippen LogP contribution in [0, 0.1) is 5.92 Å². The van der Waals surface area contributed by atoms with Crippen LogP contribution in [0.5, 0.6) is 5.75 Å². The van der Waals surface area contributed by atoms with Crippen molar-refractivity contribution in [3.8, 4) is 5.75 Å². The van der Waals surface area contributed by atoms with Crippen molar-refractivity contribution in [1.82, 2.24) is 4.90 Å². The van der Waals surface area contributed by atoms with Crippen LogP contribution in [0.4, 0.5) is 0 Å². The molecule has 1 heterocycles. The molecule has 1 saturated heterocycles. The summed E-state index contributed by atoms with van der Waals surface area (Å²) in [7, 11) is 1.67. The minimum atomic E-state index is 0. The molecule has 1 aliphatic rings. The second-order valence-corrected chi connectivity index (χ2v) is 5.86. The second kappa shape index (κ2) is 10.7. The second-order valence-electron chi connectivity index (χ2n) is 5.86. The lowest BCUT2D eigenvalue weighted by Gasteiger charge is -2.31. The first-order chi connectivity index (χ1) is 10.7. The number of ether oxygens (including phenoxy) is 2. The summed E-state index contributed by atoms with van der Waals surface area (Å²) in [5.74, 6) is 2.19. The highest BCUT2D eigenvalue weighted by Gasteiger charge is 2.17. The SMILES string of the molecule is COCCOc1cccc(CN=C(N)N2CCCC(C)C2)c1.I. The van der Waals surface area contributed by atoms with Crippen molar-refractivity contribution in [2.45, 2.75) is 26.3 Å². The van der Waals surface area contributed by atoms with Gasteiger partial charge in [-0.15, -0.1) is 24.0 Å². The summed E-state index contributed by atoms with van der Waals surface area (Å²) in [6.45, 7) is 6.01. The third-order valence-electron chi connectivity index (χ3n) is 3.86. The summed E-state index contributed by atoms with van der Waals surface area (Å²) in [4.78, 5) is 6.72. The number of benzene rings is 1. The Labute approximate surface area is 156 Å². The van der Waals surface area contributed by atoms with E-state index in [1.54, 1.807) is 7.11 Å². The van der Waals surface area contributed by atoms with E-state index >= 15 is 0 Å². The van der Waals surface area contributed by atoms with Crippen molar-refractivity contribution in [3.05, 3.63) is 29.8 Å². The molecule has 1 fully saturated rings. The predicted molar refractivity (Wildman–Crippen MR) is 105 cm³/mol. The third-order valence-corrected chi connectivity index (χ3v) is 3.86. The summed E-state index contributed by atoms with van der Waals surface area (Å²) in [5.41, 5.74) is 7.22. The van der Waals surface area contributed by atoms with Gasteiger partial charge in [0.2, 0.25) is 0 Å². The number of rotatable bonds is 6. The Morgan fingerprint density at radius 1 is 1.39 bits per heavy atom. The van der Waals surface area contributed by atoms with Crippen molar-refractivity contribution in [3.63, 3.8) is 0 Å². The van der Waals surface area contributed by atoms with Crippen LogP contribution in [-0.4, -0.2) is 44.3 Å². The van der Waals surface area contributed by atoms with Crippen molar-refractivity contribution in [2.75, 3.05) is 33.4 Å². The summed E-state index contributed by atoms with van der Waals surface area (Å²) in [5, 5.41) is 0. The lowest BCUT2D eigenvalue weighted by atomic mass is 10.0. The molecule has 130 valence electrons. The Balaban J connectivity index is 0.00000264. The molecule has 23 heavy (non-hydrogen) atoms.